The number of nitrogens with zero attached hydrogens (tertiary/aromatic N) is 1. The fourth-order valence-electron chi connectivity index (χ4n) is 3.06. The largest absolute Gasteiger partial charge is 0.484 e. The second-order valence-electron chi connectivity index (χ2n) is 6.54. The van der Waals surface area contributed by atoms with E-state index in [0.29, 0.717) is 5.56 Å². The molecule has 0 heterocycles. The van der Waals surface area contributed by atoms with E-state index in [-0.39, 0.29) is 28.7 Å². The minimum absolute atomic E-state index is 0.0729. The van der Waals surface area contributed by atoms with Gasteiger partial charge < -0.3 is 9.84 Å². The van der Waals surface area contributed by atoms with Gasteiger partial charge in [0.1, 0.15) is 0 Å². The highest BCUT2D eigenvalue weighted by Crippen LogP contribution is 2.41. The predicted molar refractivity (Wildman–Crippen MR) is 104 cm³/mol. The molecule has 27 heavy (non-hydrogen) atoms. The zero-order valence-electron chi connectivity index (χ0n) is 15.7. The average molecular weight is 371 g/mol. The number of unbranched alkanes of at least 4 members (excludes halogenated alkanes) is 3. The van der Waals surface area contributed by atoms with Crippen molar-refractivity contribution in [1.29, 1.82) is 0 Å². The molecule has 2 rings (SSSR count). The Balaban J connectivity index is 2.41. The number of benzene rings is 2. The SMILES string of the molecule is CCCCCCC(C)Oc1ccc(C(=O)O)c(-c2ccccc2)c1[N+](=O)[O-]. The summed E-state index contributed by atoms with van der Waals surface area (Å²) in [5.41, 5.74) is 0.129. The first-order valence-corrected chi connectivity index (χ1v) is 9.22. The van der Waals surface area contributed by atoms with Crippen LogP contribution < -0.4 is 4.74 Å². The second-order valence-corrected chi connectivity index (χ2v) is 6.54. The number of aromatic carboxylic acids is 1. The molecule has 0 saturated heterocycles. The van der Waals surface area contributed by atoms with Gasteiger partial charge in [-0.3, -0.25) is 10.1 Å². The van der Waals surface area contributed by atoms with Gasteiger partial charge in [-0.15, -0.1) is 0 Å². The van der Waals surface area contributed by atoms with E-state index in [1.54, 1.807) is 30.3 Å². The van der Waals surface area contributed by atoms with Crippen molar-refractivity contribution in [3.05, 3.63) is 58.1 Å². The first kappa shape index (κ1) is 20.4. The van der Waals surface area contributed by atoms with Crippen LogP contribution in [-0.2, 0) is 0 Å². The molecule has 0 radical (unpaired) electrons. The van der Waals surface area contributed by atoms with E-state index in [0.717, 1.165) is 32.1 Å². The molecule has 0 fully saturated rings. The van der Waals surface area contributed by atoms with Crippen LogP contribution in [0.4, 0.5) is 5.69 Å². The van der Waals surface area contributed by atoms with E-state index < -0.39 is 10.9 Å². The third-order valence-electron chi connectivity index (χ3n) is 4.41. The predicted octanol–water partition coefficient (Wildman–Crippen LogP) is 5.70. The molecular formula is C21H25NO5. The number of carboxylic acid groups (broad SMARTS) is 1. The fourth-order valence-corrected chi connectivity index (χ4v) is 3.06. The van der Waals surface area contributed by atoms with E-state index in [1.807, 2.05) is 6.92 Å². The summed E-state index contributed by atoms with van der Waals surface area (Å²) in [6, 6.07) is 11.3. The summed E-state index contributed by atoms with van der Waals surface area (Å²) in [5.74, 6) is -1.11. The zero-order chi connectivity index (χ0) is 19.8. The van der Waals surface area contributed by atoms with Crippen LogP contribution in [0.3, 0.4) is 0 Å². The van der Waals surface area contributed by atoms with Crippen molar-refractivity contribution in [3.63, 3.8) is 0 Å². The third-order valence-corrected chi connectivity index (χ3v) is 4.41. The Hall–Kier alpha value is -2.89. The molecule has 2 aromatic rings. The van der Waals surface area contributed by atoms with Crippen molar-refractivity contribution in [2.24, 2.45) is 0 Å². The van der Waals surface area contributed by atoms with E-state index in [4.69, 9.17) is 4.74 Å². The van der Waals surface area contributed by atoms with Gasteiger partial charge in [0.2, 0.25) is 0 Å². The minimum atomic E-state index is -1.21. The fraction of sp³-hybridized carbons (Fsp3) is 0.381. The van der Waals surface area contributed by atoms with Crippen LogP contribution in [-0.4, -0.2) is 22.1 Å². The van der Waals surface area contributed by atoms with Crippen molar-refractivity contribution in [1.82, 2.24) is 0 Å². The summed E-state index contributed by atoms with van der Waals surface area (Å²) in [6.45, 7) is 4.02. The molecule has 0 aliphatic rings. The highest BCUT2D eigenvalue weighted by Gasteiger charge is 2.29. The molecule has 1 N–H and O–H groups in total. The maximum absolute atomic E-state index is 11.8. The molecule has 0 aromatic heterocycles. The summed E-state index contributed by atoms with van der Waals surface area (Å²) in [4.78, 5) is 22.9. The van der Waals surface area contributed by atoms with Gasteiger partial charge in [-0.2, -0.15) is 0 Å². The van der Waals surface area contributed by atoms with Gasteiger partial charge in [0.25, 0.3) is 0 Å². The summed E-state index contributed by atoms with van der Waals surface area (Å²) < 4.78 is 5.85. The van der Waals surface area contributed by atoms with Crippen molar-refractivity contribution in [3.8, 4) is 16.9 Å². The first-order chi connectivity index (χ1) is 13.0. The van der Waals surface area contributed by atoms with Gasteiger partial charge in [-0.1, -0.05) is 56.5 Å². The number of carboxylic acids is 1. The van der Waals surface area contributed by atoms with Gasteiger partial charge >= 0.3 is 11.7 Å². The van der Waals surface area contributed by atoms with Crippen LogP contribution in [0.1, 0.15) is 56.3 Å². The molecule has 1 atom stereocenters. The van der Waals surface area contributed by atoms with Gasteiger partial charge in [-0.05, 0) is 37.5 Å². The number of nitro benzene ring substituents is 1. The van der Waals surface area contributed by atoms with Gasteiger partial charge in [0, 0.05) is 0 Å². The summed E-state index contributed by atoms with van der Waals surface area (Å²) >= 11 is 0. The minimum Gasteiger partial charge on any atom is -0.484 e. The molecule has 0 amide bonds. The smallest absolute Gasteiger partial charge is 0.336 e. The molecule has 0 aliphatic heterocycles. The lowest BCUT2D eigenvalue weighted by Crippen LogP contribution is -2.14. The van der Waals surface area contributed by atoms with E-state index in [1.165, 1.54) is 12.1 Å². The van der Waals surface area contributed by atoms with Gasteiger partial charge in [-0.25, -0.2) is 4.79 Å². The van der Waals surface area contributed by atoms with E-state index in [2.05, 4.69) is 6.92 Å². The Morgan fingerprint density at radius 1 is 1.15 bits per heavy atom. The topological polar surface area (TPSA) is 89.7 Å². The highest BCUT2D eigenvalue weighted by atomic mass is 16.6. The van der Waals surface area contributed by atoms with E-state index in [9.17, 15) is 20.0 Å². The van der Waals surface area contributed by atoms with E-state index >= 15 is 0 Å². The van der Waals surface area contributed by atoms with Crippen molar-refractivity contribution in [2.45, 2.75) is 52.1 Å². The zero-order valence-corrected chi connectivity index (χ0v) is 15.7. The number of nitro groups is 1. The molecule has 2 aromatic carbocycles. The Morgan fingerprint density at radius 2 is 1.85 bits per heavy atom. The number of hydrogen-bond donors (Lipinski definition) is 1. The van der Waals surface area contributed by atoms with Crippen molar-refractivity contribution in [2.75, 3.05) is 0 Å². The quantitative estimate of drug-likeness (QED) is 0.329. The molecular weight excluding hydrogens is 346 g/mol. The van der Waals surface area contributed by atoms with Crippen LogP contribution in [0.2, 0.25) is 0 Å². The maximum atomic E-state index is 11.8. The maximum Gasteiger partial charge on any atom is 0.336 e. The Bertz CT molecular complexity index is 789. The van der Waals surface area contributed by atoms with Crippen LogP contribution >= 0.6 is 0 Å². The van der Waals surface area contributed by atoms with Crippen molar-refractivity contribution >= 4 is 11.7 Å². The van der Waals surface area contributed by atoms with Crippen LogP contribution in [0.5, 0.6) is 5.75 Å². The van der Waals surface area contributed by atoms with Gasteiger partial charge in [0.05, 0.1) is 22.2 Å². The van der Waals surface area contributed by atoms with Crippen LogP contribution in [0.15, 0.2) is 42.5 Å². The molecule has 6 nitrogen and oxygen atoms in total. The number of ether oxygens (including phenoxy) is 1. The summed E-state index contributed by atoms with van der Waals surface area (Å²) in [5, 5.41) is 21.3. The van der Waals surface area contributed by atoms with Gasteiger partial charge in [0.15, 0.2) is 5.75 Å². The molecule has 0 aliphatic carbocycles. The molecule has 144 valence electrons. The highest BCUT2D eigenvalue weighted by molar-refractivity contribution is 6.00. The second kappa shape index (κ2) is 9.71. The van der Waals surface area contributed by atoms with Crippen molar-refractivity contribution < 1.29 is 19.6 Å². The lowest BCUT2D eigenvalue weighted by molar-refractivity contribution is -0.385. The number of carbonyl (C=O) groups is 1. The summed E-state index contributed by atoms with van der Waals surface area (Å²) in [7, 11) is 0. The average Bonchev–Trinajstić information content (AvgIpc) is 2.65. The monoisotopic (exact) mass is 371 g/mol. The Morgan fingerprint density at radius 3 is 2.44 bits per heavy atom. The lowest BCUT2D eigenvalue weighted by atomic mass is 9.97. The Labute approximate surface area is 158 Å². The Kier molecular flexibility index (Phi) is 7.34. The first-order valence-electron chi connectivity index (χ1n) is 9.22. The molecule has 0 bridgehead atoms. The van der Waals surface area contributed by atoms with Crippen LogP contribution in [0.25, 0.3) is 11.1 Å². The molecule has 1 unspecified atom stereocenters. The standard InChI is InChI=1S/C21H25NO5/c1-3-4-5-7-10-15(2)27-18-14-13-17(21(23)24)19(20(18)22(25)26)16-11-8-6-9-12-16/h6,8-9,11-15H,3-5,7,10H2,1-2H3,(H,23,24). The molecule has 6 heteroatoms. The van der Waals surface area contributed by atoms with Crippen LogP contribution in [0, 0.1) is 10.1 Å². The molecule has 0 spiro atoms. The number of rotatable bonds is 10. The normalized spacial score (nSPS) is 11.8. The lowest BCUT2D eigenvalue weighted by Gasteiger charge is -2.17. The molecule has 0 saturated carbocycles. The third kappa shape index (κ3) is 5.29. The summed E-state index contributed by atoms with van der Waals surface area (Å²) in [6.07, 6.45) is 4.97. The number of hydrogen-bond acceptors (Lipinski definition) is 4.